The number of hydrogen-bond donors (Lipinski definition) is 2. The molecule has 0 aliphatic rings. The zero-order chi connectivity index (χ0) is 12.0. The van der Waals surface area contributed by atoms with Crippen molar-refractivity contribution < 1.29 is 9.90 Å². The molecule has 0 atom stereocenters. The summed E-state index contributed by atoms with van der Waals surface area (Å²) in [7, 11) is 0. The molecule has 1 rings (SSSR count). The van der Waals surface area contributed by atoms with Crippen LogP contribution in [-0.2, 0) is 11.2 Å². The SMILES string of the molecule is CC(C)(CO)CNC(=O)Cc1cccnc1. The van der Waals surface area contributed by atoms with Gasteiger partial charge in [-0.15, -0.1) is 0 Å². The minimum atomic E-state index is -0.273. The summed E-state index contributed by atoms with van der Waals surface area (Å²) >= 11 is 0. The molecular weight excluding hydrogens is 204 g/mol. The zero-order valence-electron chi connectivity index (χ0n) is 9.73. The van der Waals surface area contributed by atoms with Crippen LogP contribution in [0.2, 0.25) is 0 Å². The quantitative estimate of drug-likeness (QED) is 0.773. The molecule has 1 aromatic rings. The Morgan fingerprint density at radius 3 is 2.88 bits per heavy atom. The number of carbonyl (C=O) groups is 1. The van der Waals surface area contributed by atoms with Crippen LogP contribution in [0.15, 0.2) is 24.5 Å². The van der Waals surface area contributed by atoms with Gasteiger partial charge in [0.15, 0.2) is 0 Å². The zero-order valence-corrected chi connectivity index (χ0v) is 9.73. The fourth-order valence-corrected chi connectivity index (χ4v) is 1.14. The summed E-state index contributed by atoms with van der Waals surface area (Å²) in [6.45, 7) is 4.33. The fourth-order valence-electron chi connectivity index (χ4n) is 1.14. The maximum absolute atomic E-state index is 11.6. The van der Waals surface area contributed by atoms with Gasteiger partial charge in [0, 0.05) is 31.0 Å². The van der Waals surface area contributed by atoms with E-state index in [0.717, 1.165) is 5.56 Å². The number of aliphatic hydroxyl groups excluding tert-OH is 1. The molecule has 4 nitrogen and oxygen atoms in total. The van der Waals surface area contributed by atoms with Crippen molar-refractivity contribution in [1.29, 1.82) is 0 Å². The maximum Gasteiger partial charge on any atom is 0.224 e. The Morgan fingerprint density at radius 2 is 2.31 bits per heavy atom. The topological polar surface area (TPSA) is 62.2 Å². The van der Waals surface area contributed by atoms with Crippen LogP contribution >= 0.6 is 0 Å². The summed E-state index contributed by atoms with van der Waals surface area (Å²) in [6, 6.07) is 3.67. The van der Waals surface area contributed by atoms with E-state index >= 15 is 0 Å². The summed E-state index contributed by atoms with van der Waals surface area (Å²) in [5.41, 5.74) is 0.617. The van der Waals surface area contributed by atoms with Crippen LogP contribution in [0.1, 0.15) is 19.4 Å². The van der Waals surface area contributed by atoms with Crippen LogP contribution in [0.5, 0.6) is 0 Å². The Kier molecular flexibility index (Phi) is 4.43. The lowest BCUT2D eigenvalue weighted by molar-refractivity contribution is -0.121. The molecular formula is C12H18N2O2. The lowest BCUT2D eigenvalue weighted by Crippen LogP contribution is -2.36. The van der Waals surface area contributed by atoms with Gasteiger partial charge in [0.05, 0.1) is 6.42 Å². The van der Waals surface area contributed by atoms with Crippen molar-refractivity contribution in [2.24, 2.45) is 5.41 Å². The van der Waals surface area contributed by atoms with E-state index in [1.54, 1.807) is 18.5 Å². The van der Waals surface area contributed by atoms with E-state index in [4.69, 9.17) is 5.11 Å². The third-order valence-electron chi connectivity index (χ3n) is 2.28. The van der Waals surface area contributed by atoms with Crippen LogP contribution in [0, 0.1) is 5.41 Å². The number of nitrogens with zero attached hydrogens (tertiary/aromatic N) is 1. The number of rotatable bonds is 5. The van der Waals surface area contributed by atoms with Crippen molar-refractivity contribution in [3.8, 4) is 0 Å². The van der Waals surface area contributed by atoms with Crippen molar-refractivity contribution in [1.82, 2.24) is 10.3 Å². The predicted octanol–water partition coefficient (Wildman–Crippen LogP) is 0.759. The number of aliphatic hydroxyl groups is 1. The number of carbonyl (C=O) groups excluding carboxylic acids is 1. The molecule has 0 saturated carbocycles. The Balaban J connectivity index is 2.38. The van der Waals surface area contributed by atoms with E-state index in [9.17, 15) is 4.79 Å². The molecule has 16 heavy (non-hydrogen) atoms. The Hall–Kier alpha value is -1.42. The molecule has 0 spiro atoms. The first-order chi connectivity index (χ1) is 7.53. The first kappa shape index (κ1) is 12.6. The maximum atomic E-state index is 11.6. The predicted molar refractivity (Wildman–Crippen MR) is 61.8 cm³/mol. The largest absolute Gasteiger partial charge is 0.396 e. The van der Waals surface area contributed by atoms with Gasteiger partial charge >= 0.3 is 0 Å². The number of nitrogens with one attached hydrogen (secondary N) is 1. The second-order valence-corrected chi connectivity index (χ2v) is 4.64. The summed E-state index contributed by atoms with van der Waals surface area (Å²) < 4.78 is 0. The van der Waals surface area contributed by atoms with Gasteiger partial charge in [0.2, 0.25) is 5.91 Å². The van der Waals surface area contributed by atoms with Crippen LogP contribution < -0.4 is 5.32 Å². The molecule has 2 N–H and O–H groups in total. The summed E-state index contributed by atoms with van der Waals surface area (Å²) in [5.74, 6) is -0.0467. The molecule has 4 heteroatoms. The molecule has 0 radical (unpaired) electrons. The highest BCUT2D eigenvalue weighted by molar-refractivity contribution is 5.78. The lowest BCUT2D eigenvalue weighted by Gasteiger charge is -2.21. The molecule has 1 amide bonds. The van der Waals surface area contributed by atoms with Gasteiger partial charge < -0.3 is 10.4 Å². The van der Waals surface area contributed by atoms with Crippen molar-refractivity contribution in [2.45, 2.75) is 20.3 Å². The van der Waals surface area contributed by atoms with Gasteiger partial charge in [0.1, 0.15) is 0 Å². The minimum Gasteiger partial charge on any atom is -0.396 e. The Bertz CT molecular complexity index is 336. The van der Waals surface area contributed by atoms with E-state index in [0.29, 0.717) is 13.0 Å². The molecule has 0 fully saturated rings. The smallest absolute Gasteiger partial charge is 0.224 e. The molecule has 1 aromatic heterocycles. The monoisotopic (exact) mass is 222 g/mol. The first-order valence-electron chi connectivity index (χ1n) is 5.30. The standard InChI is InChI=1S/C12H18N2O2/c1-12(2,9-15)8-14-11(16)6-10-4-3-5-13-7-10/h3-5,7,15H,6,8-9H2,1-2H3,(H,14,16). The fraction of sp³-hybridized carbons (Fsp3) is 0.500. The van der Waals surface area contributed by atoms with E-state index in [-0.39, 0.29) is 17.9 Å². The minimum absolute atomic E-state index is 0.0467. The number of aromatic nitrogens is 1. The summed E-state index contributed by atoms with van der Waals surface area (Å²) in [6.07, 6.45) is 3.68. The molecule has 1 heterocycles. The van der Waals surface area contributed by atoms with Crippen molar-refractivity contribution in [3.05, 3.63) is 30.1 Å². The van der Waals surface area contributed by atoms with Gasteiger partial charge in [-0.05, 0) is 11.6 Å². The second kappa shape index (κ2) is 5.61. The molecule has 0 aliphatic carbocycles. The molecule has 0 bridgehead atoms. The van der Waals surface area contributed by atoms with Crippen LogP contribution in [-0.4, -0.2) is 29.1 Å². The third kappa shape index (κ3) is 4.40. The number of hydrogen-bond acceptors (Lipinski definition) is 3. The van der Waals surface area contributed by atoms with Crippen LogP contribution in [0.25, 0.3) is 0 Å². The third-order valence-corrected chi connectivity index (χ3v) is 2.28. The summed E-state index contributed by atoms with van der Waals surface area (Å²) in [5, 5.41) is 11.8. The van der Waals surface area contributed by atoms with E-state index < -0.39 is 0 Å². The average Bonchev–Trinajstić information content (AvgIpc) is 2.28. The molecule has 88 valence electrons. The van der Waals surface area contributed by atoms with Gasteiger partial charge in [-0.1, -0.05) is 19.9 Å². The van der Waals surface area contributed by atoms with Gasteiger partial charge in [-0.3, -0.25) is 9.78 Å². The molecule has 0 aromatic carbocycles. The van der Waals surface area contributed by atoms with Crippen molar-refractivity contribution >= 4 is 5.91 Å². The van der Waals surface area contributed by atoms with E-state index in [2.05, 4.69) is 10.3 Å². The molecule has 0 unspecified atom stereocenters. The number of amides is 1. The number of pyridine rings is 1. The van der Waals surface area contributed by atoms with Crippen molar-refractivity contribution in [3.63, 3.8) is 0 Å². The lowest BCUT2D eigenvalue weighted by atomic mass is 9.95. The highest BCUT2D eigenvalue weighted by Crippen LogP contribution is 2.11. The highest BCUT2D eigenvalue weighted by Gasteiger charge is 2.17. The van der Waals surface area contributed by atoms with E-state index in [1.807, 2.05) is 19.9 Å². The second-order valence-electron chi connectivity index (χ2n) is 4.64. The first-order valence-corrected chi connectivity index (χ1v) is 5.30. The van der Waals surface area contributed by atoms with Crippen LogP contribution in [0.4, 0.5) is 0 Å². The molecule has 0 aliphatic heterocycles. The Labute approximate surface area is 95.7 Å². The summed E-state index contributed by atoms with van der Waals surface area (Å²) in [4.78, 5) is 15.5. The highest BCUT2D eigenvalue weighted by atomic mass is 16.3. The van der Waals surface area contributed by atoms with Gasteiger partial charge in [-0.25, -0.2) is 0 Å². The van der Waals surface area contributed by atoms with Crippen LogP contribution in [0.3, 0.4) is 0 Å². The van der Waals surface area contributed by atoms with Gasteiger partial charge in [-0.2, -0.15) is 0 Å². The Morgan fingerprint density at radius 1 is 1.56 bits per heavy atom. The molecule has 0 saturated heterocycles. The normalized spacial score (nSPS) is 11.2. The average molecular weight is 222 g/mol. The van der Waals surface area contributed by atoms with Gasteiger partial charge in [0.25, 0.3) is 0 Å². The van der Waals surface area contributed by atoms with Crippen molar-refractivity contribution in [2.75, 3.05) is 13.2 Å². The van der Waals surface area contributed by atoms with E-state index in [1.165, 1.54) is 0 Å².